The quantitative estimate of drug-likeness (QED) is 0.668. The third-order valence-electron chi connectivity index (χ3n) is 2.86. The summed E-state index contributed by atoms with van der Waals surface area (Å²) in [5, 5.41) is 13.9. The van der Waals surface area contributed by atoms with E-state index in [-0.39, 0.29) is 11.6 Å². The minimum absolute atomic E-state index is 0.154. The predicted molar refractivity (Wildman–Crippen MR) is 78.4 cm³/mol. The van der Waals surface area contributed by atoms with E-state index in [0.717, 1.165) is 5.82 Å². The number of carboxylic acids is 1. The molecular formula is C13H17N5O2S. The molecule has 21 heavy (non-hydrogen) atoms. The maximum Gasteiger partial charge on any atom is 0.340 e. The van der Waals surface area contributed by atoms with Gasteiger partial charge in [-0.25, -0.2) is 24.4 Å². The number of aromatic carboxylic acids is 1. The molecule has 2 aromatic heterocycles. The third-order valence-corrected chi connectivity index (χ3v) is 3.83. The van der Waals surface area contributed by atoms with Crippen molar-refractivity contribution in [3.05, 3.63) is 29.2 Å². The second-order valence-corrected chi connectivity index (χ2v) is 5.81. The zero-order valence-corrected chi connectivity index (χ0v) is 13.2. The second-order valence-electron chi connectivity index (χ2n) is 4.84. The molecule has 0 unspecified atom stereocenters. The van der Waals surface area contributed by atoms with Gasteiger partial charge < -0.3 is 5.11 Å². The zero-order chi connectivity index (χ0) is 15.6. The van der Waals surface area contributed by atoms with Crippen LogP contribution in [0.4, 0.5) is 0 Å². The Labute approximate surface area is 126 Å². The van der Waals surface area contributed by atoms with Gasteiger partial charge in [-0.2, -0.15) is 5.10 Å². The van der Waals surface area contributed by atoms with E-state index < -0.39 is 5.97 Å². The second kappa shape index (κ2) is 6.21. The molecule has 0 atom stereocenters. The molecule has 2 aromatic rings. The molecule has 0 aromatic carbocycles. The molecular weight excluding hydrogens is 290 g/mol. The topological polar surface area (TPSA) is 93.8 Å². The highest BCUT2D eigenvalue weighted by molar-refractivity contribution is 7.98. The molecule has 112 valence electrons. The molecule has 0 bridgehead atoms. The summed E-state index contributed by atoms with van der Waals surface area (Å²) in [5.41, 5.74) is 0.629. The van der Waals surface area contributed by atoms with Gasteiger partial charge in [0, 0.05) is 6.04 Å². The molecule has 2 heterocycles. The van der Waals surface area contributed by atoms with Crippen LogP contribution >= 0.6 is 11.8 Å². The highest BCUT2D eigenvalue weighted by atomic mass is 32.2. The summed E-state index contributed by atoms with van der Waals surface area (Å²) in [5.74, 6) is 0.847. The standard InChI is InChI=1S/C13H17N5O2S/c1-7(2)18-10(14-6-15-18)5-21-12-11(13(19)20)8(3)16-9(4)17-12/h6-7H,5H2,1-4H3,(H,19,20). The van der Waals surface area contributed by atoms with Gasteiger partial charge >= 0.3 is 5.97 Å². The Morgan fingerprint density at radius 3 is 2.71 bits per heavy atom. The fourth-order valence-electron chi connectivity index (χ4n) is 1.97. The molecule has 8 heteroatoms. The van der Waals surface area contributed by atoms with Crippen LogP contribution in [0.2, 0.25) is 0 Å². The smallest absolute Gasteiger partial charge is 0.340 e. The molecule has 0 saturated heterocycles. The van der Waals surface area contributed by atoms with Crippen molar-refractivity contribution in [2.75, 3.05) is 0 Å². The largest absolute Gasteiger partial charge is 0.478 e. The number of carboxylic acid groups (broad SMARTS) is 1. The van der Waals surface area contributed by atoms with Crippen LogP contribution in [0.5, 0.6) is 0 Å². The number of carbonyl (C=O) groups is 1. The number of nitrogens with zero attached hydrogens (tertiary/aromatic N) is 5. The average Bonchev–Trinajstić information content (AvgIpc) is 2.83. The zero-order valence-electron chi connectivity index (χ0n) is 12.4. The molecule has 1 N–H and O–H groups in total. The Balaban J connectivity index is 2.28. The summed E-state index contributed by atoms with van der Waals surface area (Å²) in [6, 6.07) is 0.205. The highest BCUT2D eigenvalue weighted by Gasteiger charge is 2.18. The normalized spacial score (nSPS) is 11.1. The summed E-state index contributed by atoms with van der Waals surface area (Å²) in [6.45, 7) is 7.47. The van der Waals surface area contributed by atoms with Gasteiger partial charge in [0.15, 0.2) is 0 Å². The first-order valence-corrected chi connectivity index (χ1v) is 7.48. The predicted octanol–water partition coefficient (Wildman–Crippen LogP) is 2.26. The molecule has 0 spiro atoms. The lowest BCUT2D eigenvalue weighted by molar-refractivity contribution is 0.0690. The Morgan fingerprint density at radius 1 is 1.38 bits per heavy atom. The Morgan fingerprint density at radius 2 is 2.10 bits per heavy atom. The van der Waals surface area contributed by atoms with Crippen molar-refractivity contribution in [2.24, 2.45) is 0 Å². The van der Waals surface area contributed by atoms with Crippen molar-refractivity contribution in [3.8, 4) is 0 Å². The van der Waals surface area contributed by atoms with Gasteiger partial charge in [0.1, 0.15) is 28.6 Å². The third kappa shape index (κ3) is 3.38. The van der Waals surface area contributed by atoms with Crippen LogP contribution in [-0.2, 0) is 5.75 Å². The molecule has 0 saturated carbocycles. The van der Waals surface area contributed by atoms with Crippen molar-refractivity contribution in [3.63, 3.8) is 0 Å². The molecule has 2 rings (SSSR count). The van der Waals surface area contributed by atoms with E-state index in [2.05, 4.69) is 20.1 Å². The van der Waals surface area contributed by atoms with E-state index in [9.17, 15) is 9.90 Å². The molecule has 0 radical (unpaired) electrons. The Hall–Kier alpha value is -1.96. The molecule has 0 aliphatic carbocycles. The monoisotopic (exact) mass is 307 g/mol. The molecule has 0 amide bonds. The van der Waals surface area contributed by atoms with E-state index in [1.807, 2.05) is 18.5 Å². The number of thioether (sulfide) groups is 1. The van der Waals surface area contributed by atoms with Crippen molar-refractivity contribution >= 4 is 17.7 Å². The van der Waals surface area contributed by atoms with Crippen LogP contribution in [0, 0.1) is 13.8 Å². The van der Waals surface area contributed by atoms with Crippen LogP contribution < -0.4 is 0 Å². The highest BCUT2D eigenvalue weighted by Crippen LogP contribution is 2.26. The number of hydrogen-bond donors (Lipinski definition) is 1. The first-order valence-electron chi connectivity index (χ1n) is 6.50. The van der Waals surface area contributed by atoms with Gasteiger partial charge in [0.25, 0.3) is 0 Å². The van der Waals surface area contributed by atoms with E-state index in [1.54, 1.807) is 13.8 Å². The van der Waals surface area contributed by atoms with Crippen molar-refractivity contribution < 1.29 is 9.90 Å². The van der Waals surface area contributed by atoms with Crippen LogP contribution in [-0.4, -0.2) is 35.8 Å². The summed E-state index contributed by atoms with van der Waals surface area (Å²) < 4.78 is 1.81. The summed E-state index contributed by atoms with van der Waals surface area (Å²) in [6.07, 6.45) is 1.50. The number of hydrogen-bond acceptors (Lipinski definition) is 6. The van der Waals surface area contributed by atoms with Crippen molar-refractivity contribution in [2.45, 2.75) is 44.5 Å². The van der Waals surface area contributed by atoms with Crippen LogP contribution in [0.1, 0.15) is 47.6 Å². The molecule has 7 nitrogen and oxygen atoms in total. The maximum absolute atomic E-state index is 11.4. The van der Waals surface area contributed by atoms with Gasteiger partial charge in [-0.15, -0.1) is 0 Å². The lowest BCUT2D eigenvalue weighted by atomic mass is 10.2. The summed E-state index contributed by atoms with van der Waals surface area (Å²) >= 11 is 1.34. The molecule has 0 fully saturated rings. The SMILES string of the molecule is Cc1nc(C)c(C(=O)O)c(SCc2ncnn2C(C)C)n1. The van der Waals surface area contributed by atoms with Gasteiger partial charge in [-0.05, 0) is 27.7 Å². The average molecular weight is 307 g/mol. The fourth-order valence-corrected chi connectivity index (χ4v) is 3.02. The van der Waals surface area contributed by atoms with E-state index in [0.29, 0.717) is 22.3 Å². The van der Waals surface area contributed by atoms with Crippen molar-refractivity contribution in [1.82, 2.24) is 24.7 Å². The summed E-state index contributed by atoms with van der Waals surface area (Å²) in [4.78, 5) is 23.9. The first kappa shape index (κ1) is 15.4. The van der Waals surface area contributed by atoms with Crippen molar-refractivity contribution in [1.29, 1.82) is 0 Å². The first-order chi connectivity index (χ1) is 9.90. The summed E-state index contributed by atoms with van der Waals surface area (Å²) in [7, 11) is 0. The Kier molecular flexibility index (Phi) is 4.56. The number of rotatable bonds is 5. The van der Waals surface area contributed by atoms with E-state index in [1.165, 1.54) is 18.1 Å². The van der Waals surface area contributed by atoms with Gasteiger partial charge in [0.2, 0.25) is 0 Å². The minimum Gasteiger partial charge on any atom is -0.478 e. The van der Waals surface area contributed by atoms with E-state index in [4.69, 9.17) is 0 Å². The van der Waals surface area contributed by atoms with Gasteiger partial charge in [-0.1, -0.05) is 11.8 Å². The number of aryl methyl sites for hydroxylation is 2. The minimum atomic E-state index is -1.01. The van der Waals surface area contributed by atoms with Crippen LogP contribution in [0.3, 0.4) is 0 Å². The lowest BCUT2D eigenvalue weighted by Gasteiger charge is -2.10. The van der Waals surface area contributed by atoms with Crippen LogP contribution in [0.25, 0.3) is 0 Å². The van der Waals surface area contributed by atoms with Gasteiger partial charge in [0.05, 0.1) is 11.4 Å². The van der Waals surface area contributed by atoms with Crippen LogP contribution in [0.15, 0.2) is 11.4 Å². The lowest BCUT2D eigenvalue weighted by Crippen LogP contribution is -2.10. The van der Waals surface area contributed by atoms with Gasteiger partial charge in [-0.3, -0.25) is 0 Å². The Bertz CT molecular complexity index is 669. The number of aromatic nitrogens is 5. The molecule has 0 aliphatic rings. The maximum atomic E-state index is 11.4. The fraction of sp³-hybridized carbons (Fsp3) is 0.462. The molecule has 0 aliphatic heterocycles. The van der Waals surface area contributed by atoms with E-state index >= 15 is 0 Å².